The fraction of sp³-hybridized carbons (Fsp3) is 0.833. The lowest BCUT2D eigenvalue weighted by atomic mass is 9.45. The molecule has 4 aliphatic rings. The number of aliphatic hydroxyl groups excluding tert-OH is 1. The predicted octanol–water partition coefficient (Wildman–Crippen LogP) is 5.40. The van der Waals surface area contributed by atoms with E-state index in [0.29, 0.717) is 23.9 Å². The van der Waals surface area contributed by atoms with Crippen molar-refractivity contribution in [1.29, 1.82) is 0 Å². The van der Waals surface area contributed by atoms with E-state index in [1.165, 1.54) is 42.7 Å². The van der Waals surface area contributed by atoms with Crippen LogP contribution < -0.4 is 0 Å². The van der Waals surface area contributed by atoms with Gasteiger partial charge in [0.15, 0.2) is 0 Å². The van der Waals surface area contributed by atoms with Crippen LogP contribution in [0.2, 0.25) is 0 Å². The summed E-state index contributed by atoms with van der Waals surface area (Å²) in [6.07, 6.45) is 10.4. The lowest BCUT2D eigenvalue weighted by molar-refractivity contribution is -0.0515. The van der Waals surface area contributed by atoms with Gasteiger partial charge < -0.3 is 5.11 Å². The topological polar surface area (TPSA) is 46.0 Å². The third kappa shape index (κ3) is 2.31. The summed E-state index contributed by atoms with van der Waals surface area (Å²) in [6, 6.07) is 0. The van der Waals surface area contributed by atoms with E-state index >= 15 is 0 Å². The molecule has 1 heterocycles. The van der Waals surface area contributed by atoms with Crippen LogP contribution in [0.1, 0.15) is 77.3 Å². The maximum atomic E-state index is 9.84. The minimum Gasteiger partial charge on any atom is -0.396 e. The second-order valence-electron chi connectivity index (χ2n) is 11.4. The summed E-state index contributed by atoms with van der Waals surface area (Å²) in [7, 11) is 0. The van der Waals surface area contributed by atoms with Crippen molar-refractivity contribution in [2.75, 3.05) is 6.61 Å². The van der Waals surface area contributed by atoms with E-state index in [0.717, 1.165) is 24.2 Å². The first-order chi connectivity index (χ1) is 13.2. The van der Waals surface area contributed by atoms with E-state index < -0.39 is 0 Å². The molecule has 2 fully saturated rings. The Labute approximate surface area is 174 Å². The number of allylic oxidation sites excluding steroid dienone is 2. The van der Waals surface area contributed by atoms with Crippen molar-refractivity contribution in [3.63, 3.8) is 0 Å². The Morgan fingerprint density at radius 2 is 1.96 bits per heavy atom. The molecule has 7 atom stereocenters. The minimum absolute atomic E-state index is 0.0185. The quantitative estimate of drug-likeness (QED) is 0.677. The smallest absolute Gasteiger partial charge is 0.0884 e. The summed E-state index contributed by atoms with van der Waals surface area (Å²) in [4.78, 5) is 1.43. The Balaban J connectivity index is 1.53. The van der Waals surface area contributed by atoms with Crippen molar-refractivity contribution in [2.24, 2.45) is 40.4 Å². The van der Waals surface area contributed by atoms with Crippen LogP contribution >= 0.6 is 11.5 Å². The molecule has 1 aromatic rings. The summed E-state index contributed by atoms with van der Waals surface area (Å²) in [6.45, 7) is 12.5. The van der Waals surface area contributed by atoms with Crippen LogP contribution in [0, 0.1) is 40.4 Å². The number of aromatic nitrogens is 2. The third-order valence-electron chi connectivity index (χ3n) is 9.86. The van der Waals surface area contributed by atoms with Gasteiger partial charge in [0.2, 0.25) is 0 Å². The molecule has 0 amide bonds. The average molecular weight is 401 g/mol. The zero-order valence-corrected chi connectivity index (χ0v) is 19.0. The number of hydrogen-bond acceptors (Lipinski definition) is 4. The maximum absolute atomic E-state index is 9.84. The van der Waals surface area contributed by atoms with Gasteiger partial charge in [-0.25, -0.2) is 0 Å². The molecule has 0 bridgehead atoms. The van der Waals surface area contributed by atoms with Crippen molar-refractivity contribution in [3.8, 4) is 0 Å². The van der Waals surface area contributed by atoms with Crippen molar-refractivity contribution in [3.05, 3.63) is 22.2 Å². The van der Waals surface area contributed by atoms with E-state index in [4.69, 9.17) is 0 Å². The second kappa shape index (κ2) is 6.14. The second-order valence-corrected chi connectivity index (χ2v) is 12.2. The standard InChI is InChI=1S/C24H36N2OS/c1-14(13-27)16-7-8-17-15-6-9-20-22(2,3)21-19(28-26-25-21)12-24(20,5)18(15)10-11-23(16,17)4/h9,14-18,27H,6-8,10-13H2,1-5H3/t14-,15+,16-,17+,18+,23-,24-/m1/s1. The van der Waals surface area contributed by atoms with Gasteiger partial charge in [-0.1, -0.05) is 50.8 Å². The fourth-order valence-corrected chi connectivity index (χ4v) is 9.62. The summed E-state index contributed by atoms with van der Waals surface area (Å²) in [5.41, 5.74) is 3.58. The van der Waals surface area contributed by atoms with Crippen LogP contribution in [0.15, 0.2) is 11.6 Å². The predicted molar refractivity (Wildman–Crippen MR) is 114 cm³/mol. The monoisotopic (exact) mass is 400 g/mol. The molecule has 0 spiro atoms. The number of hydrogen-bond donors (Lipinski definition) is 1. The average Bonchev–Trinajstić information content (AvgIpc) is 3.24. The summed E-state index contributed by atoms with van der Waals surface area (Å²) < 4.78 is 4.34. The van der Waals surface area contributed by atoms with Gasteiger partial charge in [-0.15, -0.1) is 5.10 Å². The molecule has 0 aromatic carbocycles. The Bertz CT molecular complexity index is 813. The molecule has 28 heavy (non-hydrogen) atoms. The Kier molecular flexibility index (Phi) is 4.22. The molecule has 154 valence electrons. The van der Waals surface area contributed by atoms with Gasteiger partial charge >= 0.3 is 0 Å². The van der Waals surface area contributed by atoms with Crippen molar-refractivity contribution < 1.29 is 5.11 Å². The van der Waals surface area contributed by atoms with Gasteiger partial charge in [-0.2, -0.15) is 0 Å². The molecule has 0 radical (unpaired) electrons. The first-order valence-electron chi connectivity index (χ1n) is 11.4. The number of fused-ring (bicyclic) bond motifs is 6. The van der Waals surface area contributed by atoms with E-state index in [-0.39, 0.29) is 10.8 Å². The van der Waals surface area contributed by atoms with Gasteiger partial charge in [-0.05, 0) is 90.5 Å². The molecule has 4 aliphatic carbocycles. The normalized spacial score (nSPS) is 44.7. The molecule has 1 N–H and O–H groups in total. The van der Waals surface area contributed by atoms with Crippen LogP contribution in [0.5, 0.6) is 0 Å². The fourth-order valence-electron chi connectivity index (χ4n) is 8.65. The largest absolute Gasteiger partial charge is 0.396 e. The molecular weight excluding hydrogens is 364 g/mol. The molecule has 0 saturated heterocycles. The maximum Gasteiger partial charge on any atom is 0.0884 e. The molecule has 0 aliphatic heterocycles. The molecule has 0 unspecified atom stereocenters. The van der Waals surface area contributed by atoms with Crippen molar-refractivity contribution >= 4 is 11.5 Å². The van der Waals surface area contributed by atoms with Gasteiger partial charge in [-0.3, -0.25) is 0 Å². The summed E-state index contributed by atoms with van der Waals surface area (Å²) >= 11 is 1.63. The SMILES string of the molecule is C[C@H](CO)[C@H]1CC[C@H]2[C@@H]3CC=C4C(C)(C)c5nnsc5C[C@]4(C)[C@H]3CC[C@]12C. The van der Waals surface area contributed by atoms with E-state index in [2.05, 4.69) is 50.3 Å². The van der Waals surface area contributed by atoms with Crippen molar-refractivity contribution in [1.82, 2.24) is 9.59 Å². The van der Waals surface area contributed by atoms with E-state index in [9.17, 15) is 5.11 Å². The highest BCUT2D eigenvalue weighted by Crippen LogP contribution is 2.68. The Morgan fingerprint density at radius 1 is 1.18 bits per heavy atom. The molecule has 5 rings (SSSR count). The highest BCUT2D eigenvalue weighted by Gasteiger charge is 2.61. The molecule has 2 saturated carbocycles. The first-order valence-corrected chi connectivity index (χ1v) is 12.1. The van der Waals surface area contributed by atoms with Crippen LogP contribution in [-0.2, 0) is 11.8 Å². The number of aliphatic hydroxyl groups is 1. The van der Waals surface area contributed by atoms with Crippen LogP contribution in [0.3, 0.4) is 0 Å². The highest BCUT2D eigenvalue weighted by molar-refractivity contribution is 7.05. The third-order valence-corrected chi connectivity index (χ3v) is 10.6. The lowest BCUT2D eigenvalue weighted by Gasteiger charge is -2.59. The van der Waals surface area contributed by atoms with E-state index in [1.807, 2.05) is 0 Å². The lowest BCUT2D eigenvalue weighted by Crippen LogP contribution is -2.53. The first kappa shape index (κ1) is 19.2. The summed E-state index contributed by atoms with van der Waals surface area (Å²) in [5, 5.41) is 14.4. The van der Waals surface area contributed by atoms with Gasteiger partial charge in [0.25, 0.3) is 0 Å². The Morgan fingerprint density at radius 3 is 2.71 bits per heavy atom. The molecule has 3 nitrogen and oxygen atoms in total. The van der Waals surface area contributed by atoms with Crippen molar-refractivity contribution in [2.45, 2.75) is 78.6 Å². The van der Waals surface area contributed by atoms with Crippen LogP contribution in [0.25, 0.3) is 0 Å². The van der Waals surface area contributed by atoms with Crippen LogP contribution in [0.4, 0.5) is 0 Å². The number of nitrogens with zero attached hydrogens (tertiary/aromatic N) is 2. The molecular formula is C24H36N2OS. The number of rotatable bonds is 2. The Hall–Kier alpha value is -0.740. The van der Waals surface area contributed by atoms with E-state index in [1.54, 1.807) is 17.1 Å². The van der Waals surface area contributed by atoms with Gasteiger partial charge in [0.1, 0.15) is 0 Å². The van der Waals surface area contributed by atoms with Crippen LogP contribution in [-0.4, -0.2) is 21.3 Å². The summed E-state index contributed by atoms with van der Waals surface area (Å²) in [5.74, 6) is 3.55. The molecule has 4 heteroatoms. The minimum atomic E-state index is 0.0185. The zero-order valence-electron chi connectivity index (χ0n) is 18.2. The molecule has 1 aromatic heterocycles. The van der Waals surface area contributed by atoms with Gasteiger partial charge in [0.05, 0.1) is 10.6 Å². The highest BCUT2D eigenvalue weighted by atomic mass is 32.1. The zero-order chi connectivity index (χ0) is 19.9. The van der Waals surface area contributed by atoms with Gasteiger partial charge in [0, 0.05) is 12.0 Å².